The van der Waals surface area contributed by atoms with Crippen LogP contribution in [0.4, 0.5) is 4.79 Å². The Kier molecular flexibility index (Phi) is 4.53. The van der Waals surface area contributed by atoms with Gasteiger partial charge in [0.05, 0.1) is 11.4 Å². The van der Waals surface area contributed by atoms with Gasteiger partial charge in [-0.25, -0.2) is 4.79 Å². The Hall–Kier alpha value is -2.42. The molecule has 0 aromatic carbocycles. The first kappa shape index (κ1) is 15.0. The summed E-state index contributed by atoms with van der Waals surface area (Å²) >= 11 is 1.14. The van der Waals surface area contributed by atoms with Crippen molar-refractivity contribution >= 4 is 35.2 Å². The first-order chi connectivity index (χ1) is 9.95. The zero-order valence-corrected chi connectivity index (χ0v) is 11.7. The molecule has 0 radical (unpaired) electrons. The Morgan fingerprint density at radius 2 is 2.14 bits per heavy atom. The van der Waals surface area contributed by atoms with Gasteiger partial charge in [-0.05, 0) is 18.6 Å². The van der Waals surface area contributed by atoms with Crippen LogP contribution in [-0.4, -0.2) is 35.0 Å². The van der Waals surface area contributed by atoms with Gasteiger partial charge in [-0.1, -0.05) is 0 Å². The molecule has 4 amide bonds. The molecule has 1 atom stereocenters. The largest absolute Gasteiger partial charge is 0.465 e. The normalized spacial score (nSPS) is 18.0. The monoisotopic (exact) mass is 311 g/mol. The molecule has 1 unspecified atom stereocenters. The number of hydrogen-bond acceptors (Lipinski definition) is 5. The van der Waals surface area contributed by atoms with Crippen LogP contribution in [0.25, 0.3) is 0 Å². The van der Waals surface area contributed by atoms with Gasteiger partial charge in [0.15, 0.2) is 0 Å². The highest BCUT2D eigenvalue weighted by Gasteiger charge is 2.28. The van der Waals surface area contributed by atoms with Crippen LogP contribution >= 0.6 is 11.3 Å². The summed E-state index contributed by atoms with van der Waals surface area (Å²) in [4.78, 5) is 46.0. The van der Waals surface area contributed by atoms with Crippen molar-refractivity contribution in [2.45, 2.75) is 25.4 Å². The third kappa shape index (κ3) is 4.02. The number of piperidine rings is 1. The van der Waals surface area contributed by atoms with E-state index < -0.39 is 23.9 Å². The van der Waals surface area contributed by atoms with Gasteiger partial charge in [-0.2, -0.15) is 0 Å². The number of imide groups is 1. The molecule has 4 N–H and O–H groups in total. The van der Waals surface area contributed by atoms with Crippen LogP contribution in [0.1, 0.15) is 27.4 Å². The highest BCUT2D eigenvalue weighted by atomic mass is 32.1. The van der Waals surface area contributed by atoms with Gasteiger partial charge in [-0.15, -0.1) is 11.3 Å². The van der Waals surface area contributed by atoms with Crippen LogP contribution in [0.15, 0.2) is 12.1 Å². The van der Waals surface area contributed by atoms with Crippen molar-refractivity contribution in [3.63, 3.8) is 0 Å². The summed E-state index contributed by atoms with van der Waals surface area (Å²) in [6, 6.07) is 2.47. The maximum Gasteiger partial charge on any atom is 0.404 e. The zero-order chi connectivity index (χ0) is 15.4. The van der Waals surface area contributed by atoms with Crippen molar-refractivity contribution in [2.24, 2.45) is 0 Å². The standard InChI is InChI=1S/C12H13N3O5S/c16-9-4-2-7(10(17)15-9)14-11(18)8-3-1-6(21-8)5-13-12(19)20/h1,3,7,13H,2,4-5H2,(H,14,18)(H,19,20)(H,15,16,17). The van der Waals surface area contributed by atoms with Crippen LogP contribution < -0.4 is 16.0 Å². The predicted molar refractivity (Wildman–Crippen MR) is 72.8 cm³/mol. The Morgan fingerprint density at radius 1 is 1.38 bits per heavy atom. The molecule has 0 spiro atoms. The second-order valence-corrected chi connectivity index (χ2v) is 5.57. The average Bonchev–Trinajstić information content (AvgIpc) is 2.88. The molecule has 2 rings (SSSR count). The molecule has 2 heterocycles. The Balaban J connectivity index is 1.93. The number of amides is 4. The fraction of sp³-hybridized carbons (Fsp3) is 0.333. The van der Waals surface area contributed by atoms with E-state index in [9.17, 15) is 19.2 Å². The lowest BCUT2D eigenvalue weighted by Crippen LogP contribution is -2.52. The maximum absolute atomic E-state index is 12.0. The molecule has 1 fully saturated rings. The molecule has 1 saturated heterocycles. The number of hydrogen-bond donors (Lipinski definition) is 4. The van der Waals surface area contributed by atoms with Gasteiger partial charge in [0, 0.05) is 11.3 Å². The molecular weight excluding hydrogens is 298 g/mol. The van der Waals surface area contributed by atoms with Crippen LogP contribution in [0.3, 0.4) is 0 Å². The summed E-state index contributed by atoms with van der Waals surface area (Å²) in [6.07, 6.45) is -0.678. The molecule has 0 bridgehead atoms. The number of thiophene rings is 1. The highest BCUT2D eigenvalue weighted by molar-refractivity contribution is 7.14. The molecule has 8 nitrogen and oxygen atoms in total. The summed E-state index contributed by atoms with van der Waals surface area (Å²) < 4.78 is 0. The third-order valence-electron chi connectivity index (χ3n) is 2.84. The Bertz CT molecular complexity index is 597. The molecular formula is C12H13N3O5S. The van der Waals surface area contributed by atoms with Gasteiger partial charge in [0.25, 0.3) is 5.91 Å². The van der Waals surface area contributed by atoms with Gasteiger partial charge in [0.1, 0.15) is 6.04 Å². The fourth-order valence-electron chi connectivity index (χ4n) is 1.82. The Morgan fingerprint density at radius 3 is 2.81 bits per heavy atom. The van der Waals surface area contributed by atoms with Gasteiger partial charge in [0.2, 0.25) is 11.8 Å². The predicted octanol–water partition coefficient (Wildman–Crippen LogP) is 0.0507. The molecule has 9 heteroatoms. The van der Waals surface area contributed by atoms with Crippen LogP contribution in [0, 0.1) is 0 Å². The van der Waals surface area contributed by atoms with E-state index in [1.54, 1.807) is 12.1 Å². The minimum atomic E-state index is -1.14. The SMILES string of the molecule is O=C(O)NCc1ccc(C(=O)NC2CCC(=O)NC2=O)s1. The second-order valence-electron chi connectivity index (χ2n) is 4.40. The summed E-state index contributed by atoms with van der Waals surface area (Å²) in [7, 11) is 0. The van der Waals surface area contributed by atoms with Gasteiger partial charge in [-0.3, -0.25) is 19.7 Å². The third-order valence-corrected chi connectivity index (χ3v) is 3.93. The fourth-order valence-corrected chi connectivity index (χ4v) is 2.67. The van der Waals surface area contributed by atoms with E-state index in [1.165, 1.54) is 0 Å². The van der Waals surface area contributed by atoms with E-state index in [0.717, 1.165) is 11.3 Å². The summed E-state index contributed by atoms with van der Waals surface area (Å²) in [5, 5.41) is 15.4. The summed E-state index contributed by atoms with van der Waals surface area (Å²) in [5.74, 6) is -1.27. The van der Waals surface area contributed by atoms with Gasteiger partial charge < -0.3 is 15.7 Å². The average molecular weight is 311 g/mol. The highest BCUT2D eigenvalue weighted by Crippen LogP contribution is 2.17. The van der Waals surface area contributed by atoms with Crippen molar-refractivity contribution in [3.8, 4) is 0 Å². The van der Waals surface area contributed by atoms with Crippen LogP contribution in [0.2, 0.25) is 0 Å². The summed E-state index contributed by atoms with van der Waals surface area (Å²) in [5.41, 5.74) is 0. The van der Waals surface area contributed by atoms with E-state index in [1.807, 2.05) is 0 Å². The van der Waals surface area contributed by atoms with E-state index in [4.69, 9.17) is 5.11 Å². The first-order valence-electron chi connectivity index (χ1n) is 6.16. The number of rotatable bonds is 4. The zero-order valence-electron chi connectivity index (χ0n) is 10.8. The van der Waals surface area contributed by atoms with E-state index in [-0.39, 0.29) is 25.3 Å². The molecule has 1 aromatic rings. The minimum absolute atomic E-state index is 0.117. The number of carboxylic acid groups (broad SMARTS) is 1. The van der Waals surface area contributed by atoms with Crippen molar-refractivity contribution in [1.82, 2.24) is 16.0 Å². The summed E-state index contributed by atoms with van der Waals surface area (Å²) in [6.45, 7) is 0.117. The Labute approximate surface area is 123 Å². The second kappa shape index (κ2) is 6.35. The topological polar surface area (TPSA) is 125 Å². The molecule has 21 heavy (non-hydrogen) atoms. The van der Waals surface area contributed by atoms with Gasteiger partial charge >= 0.3 is 6.09 Å². The molecule has 1 aromatic heterocycles. The maximum atomic E-state index is 12.0. The molecule has 0 saturated carbocycles. The smallest absolute Gasteiger partial charge is 0.404 e. The molecule has 1 aliphatic rings. The van der Waals surface area contributed by atoms with Crippen LogP contribution in [-0.2, 0) is 16.1 Å². The lowest BCUT2D eigenvalue weighted by molar-refractivity contribution is -0.134. The first-order valence-corrected chi connectivity index (χ1v) is 6.97. The molecule has 0 aliphatic carbocycles. The number of carbonyl (C=O) groups excluding carboxylic acids is 3. The number of carbonyl (C=O) groups is 4. The van der Waals surface area contributed by atoms with Crippen molar-refractivity contribution in [1.29, 1.82) is 0 Å². The van der Waals surface area contributed by atoms with E-state index >= 15 is 0 Å². The van der Waals surface area contributed by atoms with Crippen molar-refractivity contribution in [3.05, 3.63) is 21.9 Å². The van der Waals surface area contributed by atoms with E-state index in [2.05, 4.69) is 16.0 Å². The minimum Gasteiger partial charge on any atom is -0.465 e. The lowest BCUT2D eigenvalue weighted by Gasteiger charge is -2.21. The van der Waals surface area contributed by atoms with Crippen molar-refractivity contribution < 1.29 is 24.3 Å². The lowest BCUT2D eigenvalue weighted by atomic mass is 10.1. The molecule has 1 aliphatic heterocycles. The quantitative estimate of drug-likeness (QED) is 0.585. The van der Waals surface area contributed by atoms with Crippen LogP contribution in [0.5, 0.6) is 0 Å². The van der Waals surface area contributed by atoms with Crippen molar-refractivity contribution in [2.75, 3.05) is 0 Å². The molecule has 112 valence electrons. The number of nitrogens with one attached hydrogen (secondary N) is 3. The van der Waals surface area contributed by atoms with E-state index in [0.29, 0.717) is 9.75 Å².